The fourth-order valence-electron chi connectivity index (χ4n) is 2.45. The number of aromatic nitrogens is 2. The molecule has 0 fully saturated rings. The molecule has 1 atom stereocenters. The molecule has 5 heteroatoms. The van der Waals surface area contributed by atoms with Crippen LogP contribution in [0, 0.1) is 0 Å². The Morgan fingerprint density at radius 1 is 1.43 bits per heavy atom. The van der Waals surface area contributed by atoms with Crippen LogP contribution < -0.4 is 5.32 Å². The lowest BCUT2D eigenvalue weighted by Crippen LogP contribution is -2.22. The molecular weight excluding hydrogens is 286 g/mol. The number of aryl methyl sites for hydroxylation is 1. The van der Waals surface area contributed by atoms with Crippen LogP contribution in [0.4, 0.5) is 0 Å². The predicted molar refractivity (Wildman–Crippen MR) is 84.6 cm³/mol. The summed E-state index contributed by atoms with van der Waals surface area (Å²) in [7, 11) is 1.91. The Balaban J connectivity index is 2.03. The monoisotopic (exact) mass is 303 g/mol. The third-order valence-electron chi connectivity index (χ3n) is 3.46. The van der Waals surface area contributed by atoms with Gasteiger partial charge in [-0.1, -0.05) is 30.7 Å². The molecule has 2 aromatic heterocycles. The second-order valence-corrected chi connectivity index (χ2v) is 5.55. The van der Waals surface area contributed by atoms with E-state index in [2.05, 4.69) is 17.3 Å². The molecule has 0 aliphatic rings. The zero-order chi connectivity index (χ0) is 14.8. The normalized spacial score (nSPS) is 12.9. The summed E-state index contributed by atoms with van der Waals surface area (Å²) >= 11 is 6.20. The van der Waals surface area contributed by atoms with Crippen LogP contribution in [0.3, 0.4) is 0 Å². The molecule has 0 radical (unpaired) electrons. The molecule has 4 nitrogen and oxygen atoms in total. The van der Waals surface area contributed by atoms with Crippen molar-refractivity contribution in [2.24, 2.45) is 7.05 Å². The molecule has 0 aliphatic carbocycles. The Morgan fingerprint density at radius 3 is 2.95 bits per heavy atom. The van der Waals surface area contributed by atoms with Gasteiger partial charge in [-0.05, 0) is 25.1 Å². The Morgan fingerprint density at radius 2 is 2.29 bits per heavy atom. The van der Waals surface area contributed by atoms with Gasteiger partial charge in [0.1, 0.15) is 5.76 Å². The van der Waals surface area contributed by atoms with Gasteiger partial charge < -0.3 is 9.73 Å². The van der Waals surface area contributed by atoms with Crippen molar-refractivity contribution in [3.8, 4) is 0 Å². The summed E-state index contributed by atoms with van der Waals surface area (Å²) in [5.74, 6) is 0.861. The third kappa shape index (κ3) is 2.82. The molecule has 21 heavy (non-hydrogen) atoms. The van der Waals surface area contributed by atoms with E-state index in [1.807, 2.05) is 43.7 Å². The number of halogens is 1. The quantitative estimate of drug-likeness (QED) is 0.777. The molecule has 3 aromatic rings. The van der Waals surface area contributed by atoms with E-state index >= 15 is 0 Å². The standard InChI is InChI=1S/C16H18ClN3O/c1-3-7-18-15(12-9-19-20(2)10-12)14-8-11-5-4-6-13(17)16(11)21-14/h4-6,8-10,15,18H,3,7H2,1-2H3. The summed E-state index contributed by atoms with van der Waals surface area (Å²) in [5.41, 5.74) is 1.82. The Kier molecular flexibility index (Phi) is 3.99. The summed E-state index contributed by atoms with van der Waals surface area (Å²) in [5, 5.41) is 9.41. The van der Waals surface area contributed by atoms with E-state index in [-0.39, 0.29) is 6.04 Å². The van der Waals surface area contributed by atoms with Gasteiger partial charge in [0.25, 0.3) is 0 Å². The summed E-state index contributed by atoms with van der Waals surface area (Å²) < 4.78 is 7.79. The second kappa shape index (κ2) is 5.92. The van der Waals surface area contributed by atoms with Crippen LogP contribution in [0.5, 0.6) is 0 Å². The first kappa shape index (κ1) is 14.2. The number of hydrogen-bond donors (Lipinski definition) is 1. The fourth-order valence-corrected chi connectivity index (χ4v) is 2.67. The van der Waals surface area contributed by atoms with E-state index in [9.17, 15) is 0 Å². The lowest BCUT2D eigenvalue weighted by molar-refractivity contribution is 0.469. The average Bonchev–Trinajstić information content (AvgIpc) is 3.07. The highest BCUT2D eigenvalue weighted by Gasteiger charge is 2.20. The number of nitrogens with one attached hydrogen (secondary N) is 1. The minimum absolute atomic E-state index is 0.0119. The second-order valence-electron chi connectivity index (χ2n) is 5.14. The van der Waals surface area contributed by atoms with E-state index in [1.165, 1.54) is 0 Å². The molecule has 0 bridgehead atoms. The number of rotatable bonds is 5. The highest BCUT2D eigenvalue weighted by atomic mass is 35.5. The molecule has 0 amide bonds. The first-order valence-corrected chi connectivity index (χ1v) is 7.46. The SMILES string of the molecule is CCCNC(c1cnn(C)c1)c1cc2cccc(Cl)c2o1. The molecule has 1 unspecified atom stereocenters. The highest BCUT2D eigenvalue weighted by Crippen LogP contribution is 2.31. The van der Waals surface area contributed by atoms with Gasteiger partial charge in [0.2, 0.25) is 0 Å². The first-order valence-electron chi connectivity index (χ1n) is 7.09. The maximum atomic E-state index is 6.20. The summed E-state index contributed by atoms with van der Waals surface area (Å²) in [6.45, 7) is 3.05. The van der Waals surface area contributed by atoms with Gasteiger partial charge in [0.05, 0.1) is 17.3 Å². The largest absolute Gasteiger partial charge is 0.457 e. The molecule has 2 heterocycles. The number of benzene rings is 1. The van der Waals surface area contributed by atoms with Crippen LogP contribution in [0.1, 0.15) is 30.7 Å². The van der Waals surface area contributed by atoms with Crippen LogP contribution in [-0.4, -0.2) is 16.3 Å². The summed E-state index contributed by atoms with van der Waals surface area (Å²) in [4.78, 5) is 0. The smallest absolute Gasteiger partial charge is 0.152 e. The molecule has 0 aliphatic heterocycles. The number of fused-ring (bicyclic) bond motifs is 1. The zero-order valence-electron chi connectivity index (χ0n) is 12.1. The highest BCUT2D eigenvalue weighted by molar-refractivity contribution is 6.34. The third-order valence-corrected chi connectivity index (χ3v) is 3.75. The van der Waals surface area contributed by atoms with Crippen molar-refractivity contribution in [1.29, 1.82) is 0 Å². The van der Waals surface area contributed by atoms with Gasteiger partial charge in [-0.15, -0.1) is 0 Å². The molecule has 110 valence electrons. The van der Waals surface area contributed by atoms with E-state index in [0.29, 0.717) is 5.02 Å². The lowest BCUT2D eigenvalue weighted by Gasteiger charge is -2.14. The maximum absolute atomic E-state index is 6.20. The molecular formula is C16H18ClN3O. The van der Waals surface area contributed by atoms with E-state index in [4.69, 9.17) is 16.0 Å². The molecule has 1 aromatic carbocycles. The topological polar surface area (TPSA) is 43.0 Å². The molecule has 3 rings (SSSR count). The van der Waals surface area contributed by atoms with Gasteiger partial charge in [-0.25, -0.2) is 0 Å². The number of hydrogen-bond acceptors (Lipinski definition) is 3. The van der Waals surface area contributed by atoms with E-state index in [1.54, 1.807) is 4.68 Å². The fraction of sp³-hybridized carbons (Fsp3) is 0.312. The average molecular weight is 304 g/mol. The van der Waals surface area contributed by atoms with E-state index in [0.717, 1.165) is 35.3 Å². The van der Waals surface area contributed by atoms with Gasteiger partial charge in [0, 0.05) is 24.2 Å². The number of para-hydroxylation sites is 1. The van der Waals surface area contributed by atoms with Crippen LogP contribution in [0.15, 0.2) is 41.1 Å². The Hall–Kier alpha value is -1.78. The predicted octanol–water partition coefficient (Wildman–Crippen LogP) is 3.91. The van der Waals surface area contributed by atoms with Crippen molar-refractivity contribution in [1.82, 2.24) is 15.1 Å². The van der Waals surface area contributed by atoms with Crippen molar-refractivity contribution in [2.75, 3.05) is 6.54 Å². The van der Waals surface area contributed by atoms with Crippen molar-refractivity contribution < 1.29 is 4.42 Å². The zero-order valence-corrected chi connectivity index (χ0v) is 12.9. The first-order chi connectivity index (χ1) is 10.2. The molecule has 0 spiro atoms. The molecule has 1 N–H and O–H groups in total. The summed E-state index contributed by atoms with van der Waals surface area (Å²) in [6, 6.07) is 7.82. The van der Waals surface area contributed by atoms with Crippen molar-refractivity contribution in [3.63, 3.8) is 0 Å². The van der Waals surface area contributed by atoms with Crippen LogP contribution in [0.2, 0.25) is 5.02 Å². The van der Waals surface area contributed by atoms with Crippen LogP contribution in [-0.2, 0) is 7.05 Å². The minimum Gasteiger partial charge on any atom is -0.457 e. The minimum atomic E-state index is -0.0119. The Bertz CT molecular complexity index is 747. The van der Waals surface area contributed by atoms with Crippen molar-refractivity contribution in [3.05, 3.63) is 53.0 Å². The Labute approximate surface area is 128 Å². The van der Waals surface area contributed by atoms with Crippen LogP contribution in [0.25, 0.3) is 11.0 Å². The van der Waals surface area contributed by atoms with Gasteiger partial charge in [-0.3, -0.25) is 4.68 Å². The van der Waals surface area contributed by atoms with E-state index < -0.39 is 0 Å². The molecule has 0 saturated heterocycles. The van der Waals surface area contributed by atoms with Crippen LogP contribution >= 0.6 is 11.6 Å². The van der Waals surface area contributed by atoms with Crippen molar-refractivity contribution >= 4 is 22.6 Å². The molecule has 0 saturated carbocycles. The van der Waals surface area contributed by atoms with Gasteiger partial charge >= 0.3 is 0 Å². The number of furan rings is 1. The summed E-state index contributed by atoms with van der Waals surface area (Å²) in [6.07, 6.45) is 4.92. The number of nitrogens with zero attached hydrogens (tertiary/aromatic N) is 2. The van der Waals surface area contributed by atoms with Crippen molar-refractivity contribution in [2.45, 2.75) is 19.4 Å². The van der Waals surface area contributed by atoms with Gasteiger partial charge in [-0.2, -0.15) is 5.10 Å². The van der Waals surface area contributed by atoms with Gasteiger partial charge in [0.15, 0.2) is 5.58 Å². The maximum Gasteiger partial charge on any atom is 0.152 e. The lowest BCUT2D eigenvalue weighted by atomic mass is 10.1.